The van der Waals surface area contributed by atoms with E-state index in [4.69, 9.17) is 9.47 Å². The number of benzene rings is 1. The summed E-state index contributed by atoms with van der Waals surface area (Å²) < 4.78 is 10.9. The van der Waals surface area contributed by atoms with E-state index in [0.29, 0.717) is 19.0 Å². The number of likely N-dealkylation sites (tertiary alicyclic amines) is 1. The summed E-state index contributed by atoms with van der Waals surface area (Å²) in [5, 5.41) is 0. The maximum atomic E-state index is 13.4. The first kappa shape index (κ1) is 19.1. The smallest absolute Gasteiger partial charge is 0.245 e. The van der Waals surface area contributed by atoms with E-state index in [1.54, 1.807) is 11.8 Å². The van der Waals surface area contributed by atoms with Crippen molar-refractivity contribution in [1.29, 1.82) is 0 Å². The van der Waals surface area contributed by atoms with Crippen molar-refractivity contribution in [2.24, 2.45) is 5.92 Å². The fourth-order valence-electron chi connectivity index (χ4n) is 4.78. The van der Waals surface area contributed by atoms with Gasteiger partial charge in [-0.1, -0.05) is 25.3 Å². The predicted molar refractivity (Wildman–Crippen MR) is 105 cm³/mol. The number of ether oxygens (including phenoxy) is 2. The minimum absolute atomic E-state index is 0.00320. The van der Waals surface area contributed by atoms with E-state index in [1.807, 2.05) is 23.1 Å². The fourth-order valence-corrected chi connectivity index (χ4v) is 4.78. The van der Waals surface area contributed by atoms with Gasteiger partial charge in [0.1, 0.15) is 6.04 Å². The molecule has 2 heterocycles. The van der Waals surface area contributed by atoms with Crippen molar-refractivity contribution >= 4 is 11.8 Å². The molecule has 1 saturated heterocycles. The minimum Gasteiger partial charge on any atom is -0.454 e. The molecule has 2 aliphatic heterocycles. The van der Waals surface area contributed by atoms with Gasteiger partial charge >= 0.3 is 0 Å². The molecule has 28 heavy (non-hydrogen) atoms. The third-order valence-corrected chi connectivity index (χ3v) is 6.27. The van der Waals surface area contributed by atoms with Crippen molar-refractivity contribution in [1.82, 2.24) is 9.80 Å². The molecule has 0 spiro atoms. The van der Waals surface area contributed by atoms with Gasteiger partial charge in [0, 0.05) is 26.6 Å². The van der Waals surface area contributed by atoms with Gasteiger partial charge in [0.15, 0.2) is 11.5 Å². The van der Waals surface area contributed by atoms with Gasteiger partial charge in [0.2, 0.25) is 18.6 Å². The summed E-state index contributed by atoms with van der Waals surface area (Å²) >= 11 is 0. The molecule has 152 valence electrons. The highest BCUT2D eigenvalue weighted by Crippen LogP contribution is 2.33. The highest BCUT2D eigenvalue weighted by atomic mass is 16.7. The molecule has 1 aromatic rings. The van der Waals surface area contributed by atoms with Crippen LogP contribution < -0.4 is 9.47 Å². The van der Waals surface area contributed by atoms with Gasteiger partial charge in [-0.15, -0.1) is 0 Å². The molecule has 6 heteroatoms. The third-order valence-electron chi connectivity index (χ3n) is 6.27. The third kappa shape index (κ3) is 4.10. The first-order chi connectivity index (χ1) is 13.6. The van der Waals surface area contributed by atoms with Gasteiger partial charge in [0.05, 0.1) is 0 Å². The first-order valence-electron chi connectivity index (χ1n) is 10.6. The lowest BCUT2D eigenvalue weighted by Crippen LogP contribution is -2.48. The van der Waals surface area contributed by atoms with Crippen molar-refractivity contribution in [3.63, 3.8) is 0 Å². The Balaban J connectivity index is 1.52. The van der Waals surface area contributed by atoms with Crippen LogP contribution in [-0.4, -0.2) is 47.5 Å². The molecule has 3 aliphatic rings. The zero-order chi connectivity index (χ0) is 19.5. The first-order valence-corrected chi connectivity index (χ1v) is 10.6. The summed E-state index contributed by atoms with van der Waals surface area (Å²) in [6, 6.07) is 5.58. The van der Waals surface area contributed by atoms with Crippen molar-refractivity contribution in [3.8, 4) is 11.5 Å². The van der Waals surface area contributed by atoms with Crippen molar-refractivity contribution in [2.75, 3.05) is 19.9 Å². The Morgan fingerprint density at radius 3 is 2.64 bits per heavy atom. The van der Waals surface area contributed by atoms with Gasteiger partial charge in [-0.05, 0) is 49.3 Å². The van der Waals surface area contributed by atoms with E-state index < -0.39 is 0 Å². The lowest BCUT2D eigenvalue weighted by atomic mass is 9.88. The van der Waals surface area contributed by atoms with Crippen LogP contribution in [0.15, 0.2) is 18.2 Å². The quantitative estimate of drug-likeness (QED) is 0.779. The molecule has 4 rings (SSSR count). The van der Waals surface area contributed by atoms with E-state index in [1.165, 1.54) is 32.1 Å². The highest BCUT2D eigenvalue weighted by molar-refractivity contribution is 5.87. The van der Waals surface area contributed by atoms with E-state index in [2.05, 4.69) is 0 Å². The second-order valence-electron chi connectivity index (χ2n) is 8.28. The number of hydrogen-bond donors (Lipinski definition) is 0. The molecule has 0 bridgehead atoms. The van der Waals surface area contributed by atoms with Crippen molar-refractivity contribution in [2.45, 2.75) is 64.5 Å². The molecule has 0 N–H and O–H groups in total. The van der Waals surface area contributed by atoms with Crippen LogP contribution >= 0.6 is 0 Å². The Bertz CT molecular complexity index is 729. The van der Waals surface area contributed by atoms with Crippen LogP contribution in [0.25, 0.3) is 0 Å². The fraction of sp³-hybridized carbons (Fsp3) is 0.636. The molecule has 2 amide bonds. The minimum atomic E-state index is -0.310. The van der Waals surface area contributed by atoms with Gasteiger partial charge in [-0.25, -0.2) is 0 Å². The van der Waals surface area contributed by atoms with Crippen LogP contribution in [0.1, 0.15) is 57.4 Å². The average Bonchev–Trinajstić information content (AvgIpc) is 3.37. The topological polar surface area (TPSA) is 59.1 Å². The Morgan fingerprint density at radius 1 is 1.07 bits per heavy atom. The molecular weight excluding hydrogens is 356 g/mol. The SMILES string of the molecule is CC(=O)N1CCC[C@@H]1C(=O)N(Cc1ccc2c(c1)OCO2)CC1CCCCC1. The molecule has 6 nitrogen and oxygen atoms in total. The van der Waals surface area contributed by atoms with Crippen LogP contribution in [0, 0.1) is 5.92 Å². The van der Waals surface area contributed by atoms with Gasteiger partial charge in [-0.3, -0.25) is 9.59 Å². The van der Waals surface area contributed by atoms with Gasteiger partial charge in [-0.2, -0.15) is 0 Å². The Hall–Kier alpha value is -2.24. The molecule has 0 radical (unpaired) electrons. The summed E-state index contributed by atoms with van der Waals surface area (Å²) in [5.41, 5.74) is 1.04. The maximum absolute atomic E-state index is 13.4. The van der Waals surface area contributed by atoms with Crippen LogP contribution in [-0.2, 0) is 16.1 Å². The van der Waals surface area contributed by atoms with E-state index in [0.717, 1.165) is 36.4 Å². The highest BCUT2D eigenvalue weighted by Gasteiger charge is 2.36. The van der Waals surface area contributed by atoms with Crippen LogP contribution in [0.4, 0.5) is 0 Å². The van der Waals surface area contributed by atoms with Crippen LogP contribution in [0.3, 0.4) is 0 Å². The Labute approximate surface area is 166 Å². The number of carbonyl (C=O) groups is 2. The number of fused-ring (bicyclic) bond motifs is 1. The monoisotopic (exact) mass is 386 g/mol. The van der Waals surface area contributed by atoms with Crippen LogP contribution in [0.5, 0.6) is 11.5 Å². The molecule has 1 aliphatic carbocycles. The molecule has 1 saturated carbocycles. The largest absolute Gasteiger partial charge is 0.454 e. The molecule has 0 aromatic heterocycles. The number of amides is 2. The van der Waals surface area contributed by atoms with E-state index in [-0.39, 0.29) is 24.6 Å². The second kappa shape index (κ2) is 8.41. The number of carbonyl (C=O) groups excluding carboxylic acids is 2. The molecule has 1 aromatic carbocycles. The summed E-state index contributed by atoms with van der Waals surface area (Å²) in [6.07, 6.45) is 7.84. The molecular formula is C22H30N2O4. The Morgan fingerprint density at radius 2 is 1.86 bits per heavy atom. The molecule has 0 unspecified atom stereocenters. The lowest BCUT2D eigenvalue weighted by Gasteiger charge is -2.33. The van der Waals surface area contributed by atoms with Gasteiger partial charge < -0.3 is 19.3 Å². The number of rotatable bonds is 5. The normalized spacial score (nSPS) is 21.8. The predicted octanol–water partition coefficient (Wildman–Crippen LogP) is 3.34. The zero-order valence-corrected chi connectivity index (χ0v) is 16.7. The summed E-state index contributed by atoms with van der Waals surface area (Å²) in [4.78, 5) is 29.2. The lowest BCUT2D eigenvalue weighted by molar-refractivity contribution is -0.143. The maximum Gasteiger partial charge on any atom is 0.245 e. The number of hydrogen-bond acceptors (Lipinski definition) is 4. The van der Waals surface area contributed by atoms with Crippen molar-refractivity contribution < 1.29 is 19.1 Å². The van der Waals surface area contributed by atoms with Crippen LogP contribution in [0.2, 0.25) is 0 Å². The molecule has 1 atom stereocenters. The second-order valence-corrected chi connectivity index (χ2v) is 8.28. The standard InChI is InChI=1S/C22H30N2O4/c1-16(25)24-11-5-8-19(24)22(26)23(13-17-6-3-2-4-7-17)14-18-9-10-20-21(12-18)28-15-27-20/h9-10,12,17,19H,2-8,11,13-15H2,1H3/t19-/m1/s1. The molecule has 2 fully saturated rings. The number of nitrogens with zero attached hydrogens (tertiary/aromatic N) is 2. The zero-order valence-electron chi connectivity index (χ0n) is 16.7. The summed E-state index contributed by atoms with van der Waals surface area (Å²) in [7, 11) is 0. The summed E-state index contributed by atoms with van der Waals surface area (Å²) in [5.74, 6) is 2.15. The van der Waals surface area contributed by atoms with Crippen molar-refractivity contribution in [3.05, 3.63) is 23.8 Å². The van der Waals surface area contributed by atoms with Gasteiger partial charge in [0.25, 0.3) is 0 Å². The van der Waals surface area contributed by atoms with E-state index in [9.17, 15) is 9.59 Å². The average molecular weight is 386 g/mol. The summed E-state index contributed by atoms with van der Waals surface area (Å²) in [6.45, 7) is 3.82. The Kier molecular flexibility index (Phi) is 5.74. The van der Waals surface area contributed by atoms with E-state index >= 15 is 0 Å².